The zero-order valence-electron chi connectivity index (χ0n) is 18.2. The van der Waals surface area contributed by atoms with Gasteiger partial charge < -0.3 is 15.1 Å². The molecule has 0 aliphatic carbocycles. The van der Waals surface area contributed by atoms with Crippen LogP contribution in [0.15, 0.2) is 4.99 Å². The second-order valence-electron chi connectivity index (χ2n) is 8.44. The molecule has 0 aromatic carbocycles. The molecule has 3 aliphatic heterocycles. The number of carbonyl (C=O) groups is 1. The van der Waals surface area contributed by atoms with Gasteiger partial charge in [0.15, 0.2) is 5.96 Å². The van der Waals surface area contributed by atoms with E-state index in [-0.39, 0.29) is 6.04 Å². The molecule has 3 rings (SSSR count). The molecule has 160 valence electrons. The zero-order chi connectivity index (χ0) is 19.9. The number of hydrogen-bond donors (Lipinski definition) is 1. The molecule has 2 unspecified atom stereocenters. The van der Waals surface area contributed by atoms with Crippen LogP contribution in [0.3, 0.4) is 0 Å². The first-order valence-electron chi connectivity index (χ1n) is 11.4. The van der Waals surface area contributed by atoms with Crippen molar-refractivity contribution >= 4 is 11.9 Å². The number of piperidine rings is 1. The van der Waals surface area contributed by atoms with Gasteiger partial charge in [0.25, 0.3) is 0 Å². The molecule has 7 nitrogen and oxygen atoms in total. The van der Waals surface area contributed by atoms with Crippen LogP contribution in [-0.2, 0) is 4.79 Å². The molecule has 1 N–H and O–H groups in total. The molecule has 1 amide bonds. The maximum atomic E-state index is 12.7. The largest absolute Gasteiger partial charge is 0.355 e. The molecule has 0 saturated carbocycles. The predicted molar refractivity (Wildman–Crippen MR) is 115 cm³/mol. The highest BCUT2D eigenvalue weighted by Gasteiger charge is 2.30. The third-order valence-corrected chi connectivity index (χ3v) is 6.80. The molecule has 3 aliphatic rings. The highest BCUT2D eigenvalue weighted by molar-refractivity contribution is 5.82. The van der Waals surface area contributed by atoms with E-state index in [1.165, 1.54) is 25.8 Å². The summed E-state index contributed by atoms with van der Waals surface area (Å²) in [5.41, 5.74) is 0. The van der Waals surface area contributed by atoms with Crippen LogP contribution in [0.4, 0.5) is 0 Å². The summed E-state index contributed by atoms with van der Waals surface area (Å²) in [6.45, 7) is 13.3. The van der Waals surface area contributed by atoms with Gasteiger partial charge >= 0.3 is 0 Å². The number of nitrogens with zero attached hydrogens (tertiary/aromatic N) is 5. The number of guanidine groups is 1. The standard InChI is InChI=1S/C21H40N6O/c1-4-24-10-6-5-9-19(24)17-23-21(22-3)27-15-13-25(14-16-27)18(2)20(28)26-11-7-8-12-26/h18-19H,4-17H2,1-3H3,(H,22,23). The smallest absolute Gasteiger partial charge is 0.239 e. The molecule has 0 radical (unpaired) electrons. The Hall–Kier alpha value is -1.34. The molecule has 3 fully saturated rings. The summed E-state index contributed by atoms with van der Waals surface area (Å²) < 4.78 is 0. The number of carbonyl (C=O) groups excluding carboxylic acids is 1. The Morgan fingerprint density at radius 1 is 1.00 bits per heavy atom. The number of hydrogen-bond acceptors (Lipinski definition) is 4. The van der Waals surface area contributed by atoms with Gasteiger partial charge in [0.05, 0.1) is 6.04 Å². The maximum Gasteiger partial charge on any atom is 0.239 e. The van der Waals surface area contributed by atoms with Gasteiger partial charge in [0.1, 0.15) is 0 Å². The maximum absolute atomic E-state index is 12.7. The van der Waals surface area contributed by atoms with Gasteiger partial charge in [0, 0.05) is 58.9 Å². The molecule has 0 spiro atoms. The molecule has 0 aromatic heterocycles. The first-order valence-corrected chi connectivity index (χ1v) is 11.4. The van der Waals surface area contributed by atoms with E-state index in [0.29, 0.717) is 11.9 Å². The lowest BCUT2D eigenvalue weighted by molar-refractivity contribution is -0.135. The van der Waals surface area contributed by atoms with Crippen molar-refractivity contribution in [2.24, 2.45) is 4.99 Å². The molecule has 0 bridgehead atoms. The molecular formula is C21H40N6O. The summed E-state index contributed by atoms with van der Waals surface area (Å²) in [4.78, 5) is 26.5. The highest BCUT2D eigenvalue weighted by atomic mass is 16.2. The Morgan fingerprint density at radius 2 is 1.68 bits per heavy atom. The quantitative estimate of drug-likeness (QED) is 0.560. The van der Waals surface area contributed by atoms with Crippen LogP contribution < -0.4 is 5.32 Å². The van der Waals surface area contributed by atoms with Gasteiger partial charge in [-0.1, -0.05) is 13.3 Å². The summed E-state index contributed by atoms with van der Waals surface area (Å²) >= 11 is 0. The minimum Gasteiger partial charge on any atom is -0.355 e. The second kappa shape index (κ2) is 10.4. The van der Waals surface area contributed by atoms with Crippen molar-refractivity contribution in [3.05, 3.63) is 0 Å². The molecule has 0 aromatic rings. The Kier molecular flexibility index (Phi) is 7.97. The number of likely N-dealkylation sites (tertiary alicyclic amines) is 2. The van der Waals surface area contributed by atoms with E-state index in [9.17, 15) is 4.79 Å². The van der Waals surface area contributed by atoms with Gasteiger partial charge in [0.2, 0.25) is 5.91 Å². The molecular weight excluding hydrogens is 352 g/mol. The van der Waals surface area contributed by atoms with E-state index in [1.54, 1.807) is 0 Å². The summed E-state index contributed by atoms with van der Waals surface area (Å²) in [5, 5.41) is 3.63. The average molecular weight is 393 g/mol. The van der Waals surface area contributed by atoms with E-state index in [4.69, 9.17) is 0 Å². The number of amides is 1. The summed E-state index contributed by atoms with van der Waals surface area (Å²) in [5.74, 6) is 1.32. The number of rotatable bonds is 5. The van der Waals surface area contributed by atoms with Crippen LogP contribution in [0, 0.1) is 0 Å². The van der Waals surface area contributed by atoms with E-state index in [0.717, 1.165) is 71.2 Å². The van der Waals surface area contributed by atoms with Crippen molar-refractivity contribution in [1.29, 1.82) is 0 Å². The fraction of sp³-hybridized carbons (Fsp3) is 0.905. The minimum atomic E-state index is -0.00410. The first-order chi connectivity index (χ1) is 13.6. The van der Waals surface area contributed by atoms with E-state index in [2.05, 4.69) is 38.9 Å². The van der Waals surface area contributed by atoms with Crippen molar-refractivity contribution in [1.82, 2.24) is 24.9 Å². The second-order valence-corrected chi connectivity index (χ2v) is 8.44. The van der Waals surface area contributed by atoms with Crippen LogP contribution in [0.2, 0.25) is 0 Å². The number of nitrogens with one attached hydrogen (secondary N) is 1. The van der Waals surface area contributed by atoms with Gasteiger partial charge in [-0.2, -0.15) is 0 Å². The topological polar surface area (TPSA) is 54.4 Å². The zero-order valence-corrected chi connectivity index (χ0v) is 18.2. The fourth-order valence-corrected chi connectivity index (χ4v) is 4.93. The third kappa shape index (κ3) is 5.17. The molecule has 7 heteroatoms. The monoisotopic (exact) mass is 392 g/mol. The molecule has 28 heavy (non-hydrogen) atoms. The van der Waals surface area contributed by atoms with Crippen LogP contribution in [0.1, 0.15) is 46.0 Å². The molecule has 3 heterocycles. The lowest BCUT2D eigenvalue weighted by Crippen LogP contribution is -2.58. The van der Waals surface area contributed by atoms with Gasteiger partial charge in [-0.15, -0.1) is 0 Å². The van der Waals surface area contributed by atoms with E-state index >= 15 is 0 Å². The third-order valence-electron chi connectivity index (χ3n) is 6.80. The summed E-state index contributed by atoms with van der Waals surface area (Å²) in [6.07, 6.45) is 6.26. The van der Waals surface area contributed by atoms with E-state index < -0.39 is 0 Å². The lowest BCUT2D eigenvalue weighted by atomic mass is 10.0. The Balaban J connectivity index is 1.45. The number of aliphatic imine (C=N–C) groups is 1. The van der Waals surface area contributed by atoms with Crippen molar-refractivity contribution < 1.29 is 4.79 Å². The highest BCUT2D eigenvalue weighted by Crippen LogP contribution is 2.16. The molecule has 2 atom stereocenters. The SMILES string of the molecule is CCN1CCCCC1CNC(=NC)N1CCN(C(C)C(=O)N2CCCC2)CC1. The van der Waals surface area contributed by atoms with Crippen LogP contribution >= 0.6 is 0 Å². The summed E-state index contributed by atoms with van der Waals surface area (Å²) in [6, 6.07) is 0.616. The van der Waals surface area contributed by atoms with E-state index in [1.807, 2.05) is 11.9 Å². The van der Waals surface area contributed by atoms with Gasteiger partial charge in [-0.3, -0.25) is 19.6 Å². The van der Waals surface area contributed by atoms with Crippen molar-refractivity contribution in [3.63, 3.8) is 0 Å². The van der Waals surface area contributed by atoms with Crippen molar-refractivity contribution in [2.75, 3.05) is 66.0 Å². The van der Waals surface area contributed by atoms with Gasteiger partial charge in [-0.25, -0.2) is 0 Å². The van der Waals surface area contributed by atoms with Crippen molar-refractivity contribution in [2.45, 2.75) is 58.0 Å². The number of piperazine rings is 1. The number of likely N-dealkylation sites (N-methyl/N-ethyl adjacent to an activating group) is 1. The van der Waals surface area contributed by atoms with Crippen LogP contribution in [0.5, 0.6) is 0 Å². The van der Waals surface area contributed by atoms with Crippen LogP contribution in [0.25, 0.3) is 0 Å². The Morgan fingerprint density at radius 3 is 2.32 bits per heavy atom. The Bertz CT molecular complexity index is 525. The van der Waals surface area contributed by atoms with Gasteiger partial charge in [-0.05, 0) is 45.7 Å². The molecule has 3 saturated heterocycles. The average Bonchev–Trinajstić information content (AvgIpc) is 3.29. The van der Waals surface area contributed by atoms with Crippen LogP contribution in [-0.4, -0.2) is 110 Å². The fourth-order valence-electron chi connectivity index (χ4n) is 4.93. The predicted octanol–water partition coefficient (Wildman–Crippen LogP) is 1.06. The Labute approximate surface area is 171 Å². The minimum absolute atomic E-state index is 0.00410. The first kappa shape index (κ1) is 21.4. The van der Waals surface area contributed by atoms with Crippen molar-refractivity contribution in [3.8, 4) is 0 Å². The normalized spacial score (nSPS) is 26.5. The summed E-state index contributed by atoms with van der Waals surface area (Å²) in [7, 11) is 1.88. The lowest BCUT2D eigenvalue weighted by Gasteiger charge is -2.40.